The molecule has 0 aromatic heterocycles. The van der Waals surface area contributed by atoms with E-state index in [4.69, 9.17) is 4.74 Å². The van der Waals surface area contributed by atoms with Crippen LogP contribution in [0.5, 0.6) is 5.75 Å². The summed E-state index contributed by atoms with van der Waals surface area (Å²) in [6.07, 6.45) is 2.15. The van der Waals surface area contributed by atoms with Crippen molar-refractivity contribution in [3.63, 3.8) is 0 Å². The van der Waals surface area contributed by atoms with Gasteiger partial charge in [0.05, 0.1) is 7.11 Å². The number of ether oxygens (including phenoxy) is 1. The highest BCUT2D eigenvalue weighted by atomic mass is 32.2. The van der Waals surface area contributed by atoms with Gasteiger partial charge >= 0.3 is 0 Å². The number of nitrogens with zero attached hydrogens (tertiary/aromatic N) is 1. The van der Waals surface area contributed by atoms with Gasteiger partial charge in [0.1, 0.15) is 11.1 Å². The van der Waals surface area contributed by atoms with E-state index >= 15 is 0 Å². The maximum absolute atomic E-state index is 12.4. The minimum atomic E-state index is 0.123. The number of hydrogen-bond acceptors (Lipinski definition) is 3. The summed E-state index contributed by atoms with van der Waals surface area (Å²) < 4.78 is 5.19. The average molecular weight is 305 g/mol. The molecule has 114 valence electrons. The van der Waals surface area contributed by atoms with Gasteiger partial charge in [-0.05, 0) is 50.1 Å². The summed E-state index contributed by atoms with van der Waals surface area (Å²) in [7, 11) is 1.67. The van der Waals surface area contributed by atoms with E-state index < -0.39 is 0 Å². The monoisotopic (exact) mass is 305 g/mol. The van der Waals surface area contributed by atoms with Gasteiger partial charge in [-0.15, -0.1) is 0 Å². The Bertz CT molecular complexity index is 536. The Balaban J connectivity index is 2.15. The Kier molecular flexibility index (Phi) is 5.34. The number of carbonyl (C=O) groups is 1. The molecule has 0 saturated carbocycles. The lowest BCUT2D eigenvalue weighted by Crippen LogP contribution is -2.34. The third kappa shape index (κ3) is 3.43. The van der Waals surface area contributed by atoms with Crippen LogP contribution in [0.25, 0.3) is 0 Å². The molecule has 3 nitrogen and oxygen atoms in total. The molecule has 1 aliphatic heterocycles. The summed E-state index contributed by atoms with van der Waals surface area (Å²) in [6, 6.07) is 8.02. The summed E-state index contributed by atoms with van der Waals surface area (Å²) in [5, 5.41) is 0.123. The quantitative estimate of drug-likeness (QED) is 0.792. The van der Waals surface area contributed by atoms with Crippen molar-refractivity contribution in [2.75, 3.05) is 13.7 Å². The molecule has 0 N–H and O–H groups in total. The molecule has 21 heavy (non-hydrogen) atoms. The number of unbranched alkanes of at least 4 members (excludes halogenated alkanes) is 1. The largest absolute Gasteiger partial charge is 0.497 e. The van der Waals surface area contributed by atoms with Crippen molar-refractivity contribution in [3.8, 4) is 5.75 Å². The van der Waals surface area contributed by atoms with Gasteiger partial charge in [0.15, 0.2) is 0 Å². The summed E-state index contributed by atoms with van der Waals surface area (Å²) >= 11 is 1.74. The van der Waals surface area contributed by atoms with E-state index in [1.54, 1.807) is 18.9 Å². The lowest BCUT2D eigenvalue weighted by molar-refractivity contribution is -0.125. The van der Waals surface area contributed by atoms with E-state index in [0.29, 0.717) is 0 Å². The number of hydrogen-bond donors (Lipinski definition) is 0. The molecule has 1 atom stereocenters. The van der Waals surface area contributed by atoms with E-state index in [9.17, 15) is 4.79 Å². The summed E-state index contributed by atoms with van der Waals surface area (Å²) in [4.78, 5) is 15.5. The highest BCUT2D eigenvalue weighted by Crippen LogP contribution is 2.37. The fourth-order valence-corrected chi connectivity index (χ4v) is 3.62. The third-order valence-electron chi connectivity index (χ3n) is 3.89. The van der Waals surface area contributed by atoms with Crippen LogP contribution in [0.15, 0.2) is 40.3 Å². The molecule has 0 unspecified atom stereocenters. The molecule has 1 aliphatic rings. The van der Waals surface area contributed by atoms with E-state index in [-0.39, 0.29) is 11.3 Å². The minimum Gasteiger partial charge on any atom is -0.497 e. The van der Waals surface area contributed by atoms with Gasteiger partial charge in [0.25, 0.3) is 5.91 Å². The van der Waals surface area contributed by atoms with Crippen molar-refractivity contribution in [1.82, 2.24) is 4.90 Å². The first-order valence-electron chi connectivity index (χ1n) is 7.37. The minimum absolute atomic E-state index is 0.123. The molecule has 0 fully saturated rings. The predicted octanol–water partition coefficient (Wildman–Crippen LogP) is 4.09. The fraction of sp³-hybridized carbons (Fsp3) is 0.471. The second-order valence-electron chi connectivity index (χ2n) is 5.31. The first kappa shape index (κ1) is 16.0. The number of carbonyl (C=O) groups excluding carboxylic acids is 1. The molecule has 0 saturated heterocycles. The maximum Gasteiger partial charge on any atom is 0.250 e. The lowest BCUT2D eigenvalue weighted by atomic mass is 10.2. The highest BCUT2D eigenvalue weighted by molar-refractivity contribution is 8.00. The van der Waals surface area contributed by atoms with E-state index in [2.05, 4.69) is 13.8 Å². The number of thioether (sulfide) groups is 1. The topological polar surface area (TPSA) is 29.5 Å². The predicted molar refractivity (Wildman–Crippen MR) is 87.6 cm³/mol. The van der Waals surface area contributed by atoms with E-state index in [1.165, 1.54) is 5.57 Å². The van der Waals surface area contributed by atoms with Crippen LogP contribution >= 0.6 is 11.8 Å². The van der Waals surface area contributed by atoms with Crippen LogP contribution in [0, 0.1) is 0 Å². The zero-order valence-electron chi connectivity index (χ0n) is 13.2. The number of benzene rings is 1. The smallest absolute Gasteiger partial charge is 0.250 e. The van der Waals surface area contributed by atoms with Gasteiger partial charge in [-0.1, -0.05) is 25.1 Å². The molecule has 1 aromatic carbocycles. The second kappa shape index (κ2) is 7.03. The van der Waals surface area contributed by atoms with Crippen molar-refractivity contribution < 1.29 is 9.53 Å². The van der Waals surface area contributed by atoms with Crippen molar-refractivity contribution in [2.45, 2.75) is 43.9 Å². The van der Waals surface area contributed by atoms with Gasteiger partial charge in [-0.25, -0.2) is 0 Å². The van der Waals surface area contributed by atoms with Crippen molar-refractivity contribution in [2.24, 2.45) is 0 Å². The molecule has 2 rings (SSSR count). The van der Waals surface area contributed by atoms with Gasteiger partial charge in [-0.2, -0.15) is 0 Å². The molecule has 1 heterocycles. The summed E-state index contributed by atoms with van der Waals surface area (Å²) in [6.45, 7) is 6.99. The van der Waals surface area contributed by atoms with Crippen LogP contribution in [-0.4, -0.2) is 29.8 Å². The first-order valence-corrected chi connectivity index (χ1v) is 8.25. The SMILES string of the molecule is CCCCN1C(=O)C(C)=C(C)[C@@H]1Sc1ccc(OC)cc1. The van der Waals surface area contributed by atoms with Crippen LogP contribution in [0.2, 0.25) is 0 Å². The van der Waals surface area contributed by atoms with E-state index in [0.717, 1.165) is 35.6 Å². The Morgan fingerprint density at radius 3 is 2.48 bits per heavy atom. The normalized spacial score (nSPS) is 18.6. The number of methoxy groups -OCH3 is 1. The van der Waals surface area contributed by atoms with Crippen molar-refractivity contribution in [1.29, 1.82) is 0 Å². The van der Waals surface area contributed by atoms with Crippen LogP contribution in [0.3, 0.4) is 0 Å². The molecule has 0 aliphatic carbocycles. The zero-order valence-corrected chi connectivity index (χ0v) is 14.0. The number of amides is 1. The van der Waals surface area contributed by atoms with Gasteiger partial charge in [0.2, 0.25) is 0 Å². The summed E-state index contributed by atoms with van der Waals surface area (Å²) in [5.41, 5.74) is 2.08. The second-order valence-corrected chi connectivity index (χ2v) is 6.46. The Morgan fingerprint density at radius 2 is 1.90 bits per heavy atom. The van der Waals surface area contributed by atoms with Crippen molar-refractivity contribution in [3.05, 3.63) is 35.4 Å². The molecule has 1 amide bonds. The van der Waals surface area contributed by atoms with Crippen LogP contribution < -0.4 is 4.74 Å². The van der Waals surface area contributed by atoms with Crippen LogP contribution in [-0.2, 0) is 4.79 Å². The van der Waals surface area contributed by atoms with Gasteiger partial charge < -0.3 is 9.64 Å². The third-order valence-corrected chi connectivity index (χ3v) is 5.26. The standard InChI is InChI=1S/C17H23NO2S/c1-5-6-11-18-16(19)12(2)13(3)17(18)21-15-9-7-14(20-4)8-10-15/h7-10,17H,5-6,11H2,1-4H3/t17-/m0/s1. The Hall–Kier alpha value is -1.42. The Morgan fingerprint density at radius 1 is 1.24 bits per heavy atom. The molecule has 4 heteroatoms. The average Bonchev–Trinajstić information content (AvgIpc) is 2.71. The molecule has 0 spiro atoms. The highest BCUT2D eigenvalue weighted by Gasteiger charge is 2.34. The number of rotatable bonds is 6. The fourth-order valence-electron chi connectivity index (χ4n) is 2.39. The lowest BCUT2D eigenvalue weighted by Gasteiger charge is -2.26. The van der Waals surface area contributed by atoms with Crippen molar-refractivity contribution >= 4 is 17.7 Å². The van der Waals surface area contributed by atoms with E-state index in [1.807, 2.05) is 36.1 Å². The van der Waals surface area contributed by atoms with Gasteiger partial charge in [0, 0.05) is 17.0 Å². The molecular weight excluding hydrogens is 282 g/mol. The molecule has 0 bridgehead atoms. The van der Waals surface area contributed by atoms with Crippen LogP contribution in [0.4, 0.5) is 0 Å². The maximum atomic E-state index is 12.4. The summed E-state index contributed by atoms with van der Waals surface area (Å²) in [5.74, 6) is 1.04. The molecule has 0 radical (unpaired) electrons. The zero-order chi connectivity index (χ0) is 15.4. The Labute approximate surface area is 131 Å². The molecular formula is C17H23NO2S. The molecule has 1 aromatic rings. The van der Waals surface area contributed by atoms with Crippen LogP contribution in [0.1, 0.15) is 33.6 Å². The van der Waals surface area contributed by atoms with Gasteiger partial charge in [-0.3, -0.25) is 4.79 Å². The first-order chi connectivity index (χ1) is 10.1.